The molecule has 1 atom stereocenters. The summed E-state index contributed by atoms with van der Waals surface area (Å²) < 4.78 is 5.86. The maximum absolute atomic E-state index is 5.86. The van der Waals surface area contributed by atoms with Crippen LogP contribution in [0.15, 0.2) is 42.6 Å². The highest BCUT2D eigenvalue weighted by Crippen LogP contribution is 2.48. The number of nitrogens with two attached hydrogens (primary N) is 1. The molecule has 2 heterocycles. The molecule has 1 aliphatic heterocycles. The lowest BCUT2D eigenvalue weighted by atomic mass is 10.0. The number of hydrogen-bond acceptors (Lipinski definition) is 4. The molecule has 1 aromatic heterocycles. The van der Waals surface area contributed by atoms with Crippen molar-refractivity contribution < 1.29 is 4.74 Å². The van der Waals surface area contributed by atoms with Gasteiger partial charge in [0, 0.05) is 17.3 Å². The third kappa shape index (κ3) is 2.46. The highest BCUT2D eigenvalue weighted by molar-refractivity contribution is 7.99. The summed E-state index contributed by atoms with van der Waals surface area (Å²) in [6.07, 6.45) is 2.80. The van der Waals surface area contributed by atoms with E-state index in [1.54, 1.807) is 6.20 Å². The summed E-state index contributed by atoms with van der Waals surface area (Å²) in [5.74, 6) is 2.69. The number of thioether (sulfide) groups is 1. The lowest BCUT2D eigenvalue weighted by Crippen LogP contribution is -2.10. The highest BCUT2D eigenvalue weighted by Gasteiger charge is 2.27. The van der Waals surface area contributed by atoms with Crippen molar-refractivity contribution in [1.29, 1.82) is 0 Å². The SMILES string of the molecule is NCCCS[C@@H]1c2ccccc2Oc2ncccc21. The van der Waals surface area contributed by atoms with Crippen LogP contribution in [-0.2, 0) is 0 Å². The monoisotopic (exact) mass is 272 g/mol. The van der Waals surface area contributed by atoms with Crippen molar-refractivity contribution in [2.45, 2.75) is 11.7 Å². The van der Waals surface area contributed by atoms with Gasteiger partial charge in [0.05, 0.1) is 5.25 Å². The molecular formula is C15H16N2OS. The minimum Gasteiger partial charge on any atom is -0.438 e. The van der Waals surface area contributed by atoms with E-state index in [2.05, 4.69) is 23.2 Å². The molecule has 3 nitrogen and oxygen atoms in total. The summed E-state index contributed by atoms with van der Waals surface area (Å²) >= 11 is 1.91. The van der Waals surface area contributed by atoms with Crippen LogP contribution in [0.5, 0.6) is 11.6 Å². The summed E-state index contributed by atoms with van der Waals surface area (Å²) in [6.45, 7) is 0.734. The van der Waals surface area contributed by atoms with Gasteiger partial charge in [0.15, 0.2) is 0 Å². The van der Waals surface area contributed by atoms with Gasteiger partial charge >= 0.3 is 0 Å². The van der Waals surface area contributed by atoms with E-state index >= 15 is 0 Å². The third-order valence-corrected chi connectivity index (χ3v) is 4.49. The molecule has 1 aromatic carbocycles. The fourth-order valence-electron chi connectivity index (χ4n) is 2.21. The summed E-state index contributed by atoms with van der Waals surface area (Å²) in [5.41, 5.74) is 7.97. The maximum atomic E-state index is 5.86. The summed E-state index contributed by atoms with van der Waals surface area (Å²) in [7, 11) is 0. The second-order valence-corrected chi connectivity index (χ2v) is 5.64. The minimum absolute atomic E-state index is 0.292. The van der Waals surface area contributed by atoms with Gasteiger partial charge in [-0.2, -0.15) is 0 Å². The van der Waals surface area contributed by atoms with Gasteiger partial charge in [-0.25, -0.2) is 4.98 Å². The van der Waals surface area contributed by atoms with Gasteiger partial charge in [0.1, 0.15) is 5.75 Å². The summed E-state index contributed by atoms with van der Waals surface area (Å²) in [4.78, 5) is 4.34. The van der Waals surface area contributed by atoms with Crippen molar-refractivity contribution >= 4 is 11.8 Å². The van der Waals surface area contributed by atoms with Gasteiger partial charge in [0.25, 0.3) is 0 Å². The fraction of sp³-hybridized carbons (Fsp3) is 0.267. The summed E-state index contributed by atoms with van der Waals surface area (Å²) in [5, 5.41) is 0.292. The van der Waals surface area contributed by atoms with Crippen LogP contribution in [0.1, 0.15) is 22.8 Å². The Morgan fingerprint density at radius 1 is 1.16 bits per heavy atom. The van der Waals surface area contributed by atoms with Crippen molar-refractivity contribution in [3.63, 3.8) is 0 Å². The lowest BCUT2D eigenvalue weighted by molar-refractivity contribution is 0.439. The number of hydrogen-bond donors (Lipinski definition) is 1. The smallest absolute Gasteiger partial charge is 0.223 e. The molecule has 0 unspecified atom stereocenters. The number of pyridine rings is 1. The Labute approximate surface area is 117 Å². The van der Waals surface area contributed by atoms with Crippen LogP contribution in [0.3, 0.4) is 0 Å². The zero-order valence-corrected chi connectivity index (χ0v) is 11.4. The van der Waals surface area contributed by atoms with Crippen molar-refractivity contribution in [3.8, 4) is 11.6 Å². The van der Waals surface area contributed by atoms with Crippen molar-refractivity contribution in [1.82, 2.24) is 4.98 Å². The molecular weight excluding hydrogens is 256 g/mol. The molecule has 0 amide bonds. The van der Waals surface area contributed by atoms with Gasteiger partial charge in [-0.05, 0) is 30.9 Å². The topological polar surface area (TPSA) is 48.1 Å². The van der Waals surface area contributed by atoms with Crippen LogP contribution in [0.2, 0.25) is 0 Å². The Balaban J connectivity index is 1.96. The number of nitrogens with zero attached hydrogens (tertiary/aromatic N) is 1. The van der Waals surface area contributed by atoms with E-state index in [-0.39, 0.29) is 0 Å². The number of para-hydroxylation sites is 1. The first kappa shape index (κ1) is 12.5. The Morgan fingerprint density at radius 2 is 2.00 bits per heavy atom. The Kier molecular flexibility index (Phi) is 3.71. The first-order valence-corrected chi connectivity index (χ1v) is 7.48. The van der Waals surface area contributed by atoms with E-state index < -0.39 is 0 Å². The molecule has 0 radical (unpaired) electrons. The van der Waals surface area contributed by atoms with E-state index in [4.69, 9.17) is 10.5 Å². The third-order valence-electron chi connectivity index (χ3n) is 3.12. The number of rotatable bonds is 4. The normalized spacial score (nSPS) is 16.4. The van der Waals surface area contributed by atoms with Gasteiger partial charge in [0.2, 0.25) is 5.88 Å². The van der Waals surface area contributed by atoms with Crippen molar-refractivity contribution in [3.05, 3.63) is 53.7 Å². The lowest BCUT2D eigenvalue weighted by Gasteiger charge is -2.26. The molecule has 3 rings (SSSR count). The second-order valence-electron chi connectivity index (χ2n) is 4.43. The Hall–Kier alpha value is -1.52. The van der Waals surface area contributed by atoms with Crippen LogP contribution in [-0.4, -0.2) is 17.3 Å². The Morgan fingerprint density at radius 3 is 2.89 bits per heavy atom. The molecule has 0 fully saturated rings. The van der Waals surface area contributed by atoms with Crippen molar-refractivity contribution in [2.75, 3.05) is 12.3 Å². The van der Waals surface area contributed by atoms with Crippen LogP contribution < -0.4 is 10.5 Å². The molecule has 4 heteroatoms. The van der Waals surface area contributed by atoms with Gasteiger partial charge in [-0.3, -0.25) is 0 Å². The van der Waals surface area contributed by atoms with Crippen LogP contribution in [0.25, 0.3) is 0 Å². The van der Waals surface area contributed by atoms with E-state index in [1.807, 2.05) is 30.0 Å². The zero-order chi connectivity index (χ0) is 13.1. The van der Waals surface area contributed by atoms with Gasteiger partial charge in [-0.15, -0.1) is 11.8 Å². The van der Waals surface area contributed by atoms with E-state index in [0.717, 1.165) is 35.9 Å². The average molecular weight is 272 g/mol. The maximum Gasteiger partial charge on any atom is 0.223 e. The molecule has 0 spiro atoms. The number of ether oxygens (including phenoxy) is 1. The highest BCUT2D eigenvalue weighted by atomic mass is 32.2. The molecule has 19 heavy (non-hydrogen) atoms. The second kappa shape index (κ2) is 5.63. The number of benzene rings is 1. The molecule has 0 bridgehead atoms. The summed E-state index contributed by atoms with van der Waals surface area (Å²) in [6, 6.07) is 12.2. The van der Waals surface area contributed by atoms with Crippen LogP contribution in [0.4, 0.5) is 0 Å². The van der Waals surface area contributed by atoms with Crippen molar-refractivity contribution in [2.24, 2.45) is 5.73 Å². The first-order valence-electron chi connectivity index (χ1n) is 6.43. The van der Waals surface area contributed by atoms with Crippen LogP contribution >= 0.6 is 11.8 Å². The van der Waals surface area contributed by atoms with E-state index in [9.17, 15) is 0 Å². The van der Waals surface area contributed by atoms with Crippen LogP contribution in [0, 0.1) is 0 Å². The van der Waals surface area contributed by atoms with Gasteiger partial charge < -0.3 is 10.5 Å². The fourth-order valence-corrected chi connectivity index (χ4v) is 3.52. The Bertz CT molecular complexity index is 528. The molecule has 1 aliphatic rings. The van der Waals surface area contributed by atoms with E-state index in [0.29, 0.717) is 5.25 Å². The molecule has 2 N–H and O–H groups in total. The largest absolute Gasteiger partial charge is 0.438 e. The minimum atomic E-state index is 0.292. The predicted molar refractivity (Wildman–Crippen MR) is 78.7 cm³/mol. The zero-order valence-electron chi connectivity index (χ0n) is 10.6. The quantitative estimate of drug-likeness (QED) is 0.867. The standard InChI is InChI=1S/C15H16N2OS/c16-8-4-10-19-14-11-5-1-2-7-13(11)18-15-12(14)6-3-9-17-15/h1-3,5-7,9,14H,4,8,10,16H2/t14-/m1/s1. The average Bonchev–Trinajstić information content (AvgIpc) is 2.46. The molecule has 98 valence electrons. The molecule has 0 saturated heterocycles. The predicted octanol–water partition coefficient (Wildman–Crippen LogP) is 3.36. The molecule has 2 aromatic rings. The number of aromatic nitrogens is 1. The molecule has 0 saturated carbocycles. The van der Waals surface area contributed by atoms with Gasteiger partial charge in [-0.1, -0.05) is 24.3 Å². The first-order chi connectivity index (χ1) is 9.40. The van der Waals surface area contributed by atoms with E-state index in [1.165, 1.54) is 5.56 Å². The molecule has 0 aliphatic carbocycles. The number of fused-ring (bicyclic) bond motifs is 2.